The molecule has 2 heterocycles. The van der Waals surface area contributed by atoms with Gasteiger partial charge in [-0.3, -0.25) is 4.79 Å². The molecule has 0 amide bonds. The van der Waals surface area contributed by atoms with Crippen molar-refractivity contribution in [3.8, 4) is 5.75 Å². The third-order valence-electron chi connectivity index (χ3n) is 4.49. The van der Waals surface area contributed by atoms with E-state index in [-0.39, 0.29) is 12.0 Å². The fourth-order valence-corrected chi connectivity index (χ4v) is 3.14. The molecule has 0 bridgehead atoms. The van der Waals surface area contributed by atoms with Crippen LogP contribution in [-0.4, -0.2) is 40.2 Å². The van der Waals surface area contributed by atoms with Gasteiger partial charge in [0.2, 0.25) is 5.95 Å². The van der Waals surface area contributed by atoms with E-state index in [1.807, 2.05) is 51.1 Å². The summed E-state index contributed by atoms with van der Waals surface area (Å²) in [6, 6.07) is 9.63. The second-order valence-corrected chi connectivity index (χ2v) is 7.11. The van der Waals surface area contributed by atoms with Gasteiger partial charge in [0.05, 0.1) is 12.0 Å². The number of anilines is 3. The third kappa shape index (κ3) is 5.09. The van der Waals surface area contributed by atoms with Crippen molar-refractivity contribution < 1.29 is 14.6 Å². The maximum Gasteiger partial charge on any atom is 0.306 e. The van der Waals surface area contributed by atoms with E-state index in [2.05, 4.69) is 20.2 Å². The number of aliphatic carboxylic acids is 1. The predicted octanol–water partition coefficient (Wildman–Crippen LogP) is 3.62. The molecular weight excluding hydrogens is 344 g/mol. The molecule has 2 N–H and O–H groups in total. The van der Waals surface area contributed by atoms with Crippen LogP contribution in [0, 0.1) is 12.8 Å². The number of rotatable bonds is 6. The Morgan fingerprint density at radius 2 is 1.89 bits per heavy atom. The van der Waals surface area contributed by atoms with Gasteiger partial charge in [0, 0.05) is 30.5 Å². The van der Waals surface area contributed by atoms with E-state index in [0.717, 1.165) is 22.9 Å². The van der Waals surface area contributed by atoms with Crippen molar-refractivity contribution in [2.45, 2.75) is 39.7 Å². The highest BCUT2D eigenvalue weighted by atomic mass is 16.5. The van der Waals surface area contributed by atoms with Gasteiger partial charge in [-0.15, -0.1) is 0 Å². The number of aryl methyl sites for hydroxylation is 1. The molecule has 1 aliphatic heterocycles. The Labute approximate surface area is 159 Å². The van der Waals surface area contributed by atoms with Crippen LogP contribution in [0.3, 0.4) is 0 Å². The zero-order valence-electron chi connectivity index (χ0n) is 16.0. The number of piperidine rings is 1. The molecule has 0 aliphatic carbocycles. The largest absolute Gasteiger partial charge is 0.491 e. The molecule has 27 heavy (non-hydrogen) atoms. The van der Waals surface area contributed by atoms with Crippen LogP contribution in [0.15, 0.2) is 30.3 Å². The molecule has 7 nitrogen and oxygen atoms in total. The number of aromatic nitrogens is 2. The van der Waals surface area contributed by atoms with Gasteiger partial charge in [-0.1, -0.05) is 0 Å². The molecule has 1 aromatic heterocycles. The van der Waals surface area contributed by atoms with E-state index in [1.165, 1.54) is 0 Å². The molecule has 7 heteroatoms. The van der Waals surface area contributed by atoms with Crippen molar-refractivity contribution in [3.63, 3.8) is 0 Å². The summed E-state index contributed by atoms with van der Waals surface area (Å²) in [5.41, 5.74) is 1.75. The third-order valence-corrected chi connectivity index (χ3v) is 4.49. The Balaban J connectivity index is 1.69. The Morgan fingerprint density at radius 1 is 1.22 bits per heavy atom. The molecule has 0 spiro atoms. The van der Waals surface area contributed by atoms with Crippen LogP contribution < -0.4 is 15.0 Å². The van der Waals surface area contributed by atoms with Crippen molar-refractivity contribution in [1.82, 2.24) is 9.97 Å². The van der Waals surface area contributed by atoms with Crippen LogP contribution in [-0.2, 0) is 4.79 Å². The molecule has 1 aromatic carbocycles. The summed E-state index contributed by atoms with van der Waals surface area (Å²) in [7, 11) is 0. The number of carboxylic acids is 1. The van der Waals surface area contributed by atoms with E-state index in [9.17, 15) is 4.79 Å². The molecular formula is C20H26N4O3. The Bertz CT molecular complexity index is 784. The molecule has 0 atom stereocenters. The lowest BCUT2D eigenvalue weighted by Gasteiger charge is -2.31. The molecule has 2 aromatic rings. The summed E-state index contributed by atoms with van der Waals surface area (Å²) in [5, 5.41) is 12.4. The highest BCUT2D eigenvalue weighted by Crippen LogP contribution is 2.25. The van der Waals surface area contributed by atoms with E-state index < -0.39 is 5.97 Å². The van der Waals surface area contributed by atoms with Gasteiger partial charge in [-0.25, -0.2) is 4.98 Å². The summed E-state index contributed by atoms with van der Waals surface area (Å²) < 4.78 is 5.65. The van der Waals surface area contributed by atoms with Crippen LogP contribution in [0.5, 0.6) is 5.75 Å². The normalized spacial score (nSPS) is 15.0. The Hall–Kier alpha value is -2.83. The second kappa shape index (κ2) is 8.24. The lowest BCUT2D eigenvalue weighted by molar-refractivity contribution is -0.142. The first-order valence-corrected chi connectivity index (χ1v) is 9.28. The maximum atomic E-state index is 11.1. The van der Waals surface area contributed by atoms with E-state index in [4.69, 9.17) is 9.84 Å². The van der Waals surface area contributed by atoms with Crippen LogP contribution in [0.25, 0.3) is 0 Å². The van der Waals surface area contributed by atoms with Gasteiger partial charge >= 0.3 is 5.97 Å². The fourth-order valence-electron chi connectivity index (χ4n) is 3.14. The van der Waals surface area contributed by atoms with Gasteiger partial charge in [0.25, 0.3) is 0 Å². The number of nitrogens with one attached hydrogen (secondary N) is 1. The zero-order chi connectivity index (χ0) is 19.4. The number of carboxylic acid groups (broad SMARTS) is 1. The number of hydrogen-bond donors (Lipinski definition) is 2. The highest BCUT2D eigenvalue weighted by Gasteiger charge is 2.25. The van der Waals surface area contributed by atoms with Crippen LogP contribution in [0.2, 0.25) is 0 Å². The van der Waals surface area contributed by atoms with E-state index >= 15 is 0 Å². The SMILES string of the molecule is Cc1cc(N2CCC(C(=O)O)CC2)nc(Nc2ccc(OC(C)C)cc2)n1. The standard InChI is InChI=1S/C20H26N4O3/c1-13(2)27-17-6-4-16(5-7-17)22-20-21-14(3)12-18(23-20)24-10-8-15(9-11-24)19(25)26/h4-7,12-13,15H,8-11H2,1-3H3,(H,25,26)(H,21,22,23). The minimum absolute atomic E-state index is 0.136. The average molecular weight is 370 g/mol. The van der Waals surface area contributed by atoms with Crippen LogP contribution in [0.4, 0.5) is 17.5 Å². The Kier molecular flexibility index (Phi) is 5.78. The lowest BCUT2D eigenvalue weighted by atomic mass is 9.97. The highest BCUT2D eigenvalue weighted by molar-refractivity contribution is 5.70. The van der Waals surface area contributed by atoms with Gasteiger partial charge in [-0.2, -0.15) is 4.98 Å². The maximum absolute atomic E-state index is 11.1. The summed E-state index contributed by atoms with van der Waals surface area (Å²) in [5.74, 6) is 1.22. The summed E-state index contributed by atoms with van der Waals surface area (Å²) in [6.45, 7) is 7.29. The minimum Gasteiger partial charge on any atom is -0.491 e. The van der Waals surface area contributed by atoms with Crippen molar-refractivity contribution in [3.05, 3.63) is 36.0 Å². The molecule has 1 aliphatic rings. The smallest absolute Gasteiger partial charge is 0.306 e. The summed E-state index contributed by atoms with van der Waals surface area (Å²) in [4.78, 5) is 22.3. The zero-order valence-corrected chi connectivity index (χ0v) is 16.0. The molecule has 3 rings (SSSR count). The monoisotopic (exact) mass is 370 g/mol. The van der Waals surface area contributed by atoms with Crippen molar-refractivity contribution in [1.29, 1.82) is 0 Å². The average Bonchev–Trinajstić information content (AvgIpc) is 2.62. The molecule has 1 fully saturated rings. The van der Waals surface area contributed by atoms with Gasteiger partial charge in [0.15, 0.2) is 0 Å². The topological polar surface area (TPSA) is 87.6 Å². The van der Waals surface area contributed by atoms with E-state index in [0.29, 0.717) is 31.9 Å². The predicted molar refractivity (Wildman–Crippen MR) is 105 cm³/mol. The van der Waals surface area contributed by atoms with Gasteiger partial charge < -0.3 is 20.1 Å². The van der Waals surface area contributed by atoms with Gasteiger partial charge in [0.1, 0.15) is 11.6 Å². The molecule has 0 radical (unpaired) electrons. The molecule has 0 saturated carbocycles. The quantitative estimate of drug-likeness (QED) is 0.803. The number of carbonyl (C=O) groups is 1. The van der Waals surface area contributed by atoms with Crippen molar-refractivity contribution >= 4 is 23.4 Å². The number of hydrogen-bond acceptors (Lipinski definition) is 6. The summed E-state index contributed by atoms with van der Waals surface area (Å²) >= 11 is 0. The molecule has 0 unspecified atom stereocenters. The first-order chi connectivity index (χ1) is 12.9. The number of nitrogens with zero attached hydrogens (tertiary/aromatic N) is 3. The first kappa shape index (κ1) is 18.9. The number of benzene rings is 1. The van der Waals surface area contributed by atoms with Gasteiger partial charge in [-0.05, 0) is 57.9 Å². The van der Waals surface area contributed by atoms with E-state index in [1.54, 1.807) is 0 Å². The van der Waals surface area contributed by atoms with Crippen molar-refractivity contribution in [2.24, 2.45) is 5.92 Å². The molecule has 1 saturated heterocycles. The molecule has 144 valence electrons. The number of ether oxygens (including phenoxy) is 1. The second-order valence-electron chi connectivity index (χ2n) is 7.11. The van der Waals surface area contributed by atoms with Crippen molar-refractivity contribution in [2.75, 3.05) is 23.3 Å². The Morgan fingerprint density at radius 3 is 2.48 bits per heavy atom. The minimum atomic E-state index is -0.708. The van der Waals surface area contributed by atoms with Crippen LogP contribution >= 0.6 is 0 Å². The lowest BCUT2D eigenvalue weighted by Crippen LogP contribution is -2.36. The van der Waals surface area contributed by atoms with Crippen LogP contribution in [0.1, 0.15) is 32.4 Å². The first-order valence-electron chi connectivity index (χ1n) is 9.28. The fraction of sp³-hybridized carbons (Fsp3) is 0.450. The summed E-state index contributed by atoms with van der Waals surface area (Å²) in [6.07, 6.45) is 1.41.